The van der Waals surface area contributed by atoms with Gasteiger partial charge in [0, 0.05) is 5.75 Å². The van der Waals surface area contributed by atoms with Crippen LogP contribution >= 0.6 is 12.6 Å². The Morgan fingerprint density at radius 2 is 1.78 bits per heavy atom. The molecule has 0 aromatic heterocycles. The molecule has 0 aromatic carbocycles. The van der Waals surface area contributed by atoms with Gasteiger partial charge in [0.05, 0.1) is 6.61 Å². The van der Waals surface area contributed by atoms with Crippen molar-refractivity contribution in [1.29, 1.82) is 0 Å². The fraction of sp³-hybridized carbons (Fsp3) is 1.00. The first-order valence-electron chi connectivity index (χ1n) is 3.34. The van der Waals surface area contributed by atoms with E-state index in [1.54, 1.807) is 0 Å². The van der Waals surface area contributed by atoms with Gasteiger partial charge in [0.2, 0.25) is 0 Å². The monoisotopic (exact) mass is 149 g/mol. The third-order valence-electron chi connectivity index (χ3n) is 1.06. The van der Waals surface area contributed by atoms with Gasteiger partial charge >= 0.3 is 0 Å². The quantitative estimate of drug-likeness (QED) is 0.468. The van der Waals surface area contributed by atoms with E-state index in [2.05, 4.69) is 17.9 Å². The Balaban J connectivity index is 0.000000148. The molecule has 1 heterocycles. The molecule has 1 rings (SSSR count). The average molecular weight is 149 g/mol. The van der Waals surface area contributed by atoms with Crippen molar-refractivity contribution in [2.75, 3.05) is 25.4 Å². The highest BCUT2D eigenvalue weighted by molar-refractivity contribution is 7.80. The lowest BCUT2D eigenvalue weighted by Crippen LogP contribution is -2.03. The number of aliphatic hydroxyl groups excluding tert-OH is 1. The summed E-state index contributed by atoms with van der Waals surface area (Å²) in [5, 5.41) is 11.0. The van der Waals surface area contributed by atoms with Gasteiger partial charge in [-0.25, -0.2) is 0 Å². The first kappa shape index (κ1) is 9.27. The van der Waals surface area contributed by atoms with Crippen molar-refractivity contribution in [3.05, 3.63) is 0 Å². The Morgan fingerprint density at radius 1 is 1.33 bits per heavy atom. The molecule has 9 heavy (non-hydrogen) atoms. The van der Waals surface area contributed by atoms with Gasteiger partial charge < -0.3 is 10.4 Å². The Kier molecular flexibility index (Phi) is 8.52. The van der Waals surface area contributed by atoms with Crippen LogP contribution < -0.4 is 5.32 Å². The third-order valence-corrected chi connectivity index (χ3v) is 1.26. The summed E-state index contributed by atoms with van der Waals surface area (Å²) in [5.74, 6) is 0.569. The summed E-state index contributed by atoms with van der Waals surface area (Å²) >= 11 is 3.67. The van der Waals surface area contributed by atoms with Gasteiger partial charge in [-0.15, -0.1) is 0 Å². The lowest BCUT2D eigenvalue weighted by molar-refractivity contribution is 0.323. The van der Waals surface area contributed by atoms with E-state index in [1.807, 2.05) is 0 Å². The van der Waals surface area contributed by atoms with Crippen LogP contribution in [0.25, 0.3) is 0 Å². The minimum atomic E-state index is 0.184. The number of nitrogens with one attached hydrogen (secondary N) is 1. The maximum absolute atomic E-state index is 7.80. The number of aliphatic hydroxyl groups is 1. The summed E-state index contributed by atoms with van der Waals surface area (Å²) in [6.07, 6.45) is 2.78. The highest BCUT2D eigenvalue weighted by atomic mass is 32.1. The molecule has 0 spiro atoms. The molecule has 2 nitrogen and oxygen atoms in total. The minimum absolute atomic E-state index is 0.184. The zero-order valence-corrected chi connectivity index (χ0v) is 6.53. The van der Waals surface area contributed by atoms with E-state index < -0.39 is 0 Å². The largest absolute Gasteiger partial charge is 0.396 e. The van der Waals surface area contributed by atoms with Crippen LogP contribution in [0.3, 0.4) is 0 Å². The van der Waals surface area contributed by atoms with Gasteiger partial charge in [-0.2, -0.15) is 12.6 Å². The number of rotatable bonds is 1. The molecule has 0 aliphatic carbocycles. The molecule has 56 valence electrons. The highest BCUT2D eigenvalue weighted by Gasteiger charge is 1.93. The normalized spacial score (nSPS) is 16.7. The molecule has 3 heteroatoms. The fourth-order valence-electron chi connectivity index (χ4n) is 0.625. The van der Waals surface area contributed by atoms with Crippen LogP contribution in [0.15, 0.2) is 0 Å². The zero-order valence-electron chi connectivity index (χ0n) is 5.64. The van der Waals surface area contributed by atoms with E-state index in [-0.39, 0.29) is 6.61 Å². The molecule has 0 unspecified atom stereocenters. The van der Waals surface area contributed by atoms with E-state index in [0.29, 0.717) is 5.75 Å². The molecule has 1 saturated heterocycles. The molecule has 0 radical (unpaired) electrons. The van der Waals surface area contributed by atoms with E-state index in [9.17, 15) is 0 Å². The molecule has 0 saturated carbocycles. The van der Waals surface area contributed by atoms with Gasteiger partial charge in [-0.05, 0) is 25.9 Å². The second-order valence-corrected chi connectivity index (χ2v) is 2.35. The number of hydrogen-bond acceptors (Lipinski definition) is 3. The van der Waals surface area contributed by atoms with Crippen molar-refractivity contribution in [3.63, 3.8) is 0 Å². The molecule has 2 N–H and O–H groups in total. The number of thiol groups is 1. The highest BCUT2D eigenvalue weighted by Crippen LogP contribution is 1.90. The minimum Gasteiger partial charge on any atom is -0.396 e. The second kappa shape index (κ2) is 8.27. The maximum Gasteiger partial charge on any atom is 0.0519 e. The molecular weight excluding hydrogens is 134 g/mol. The molecule has 1 aliphatic heterocycles. The van der Waals surface area contributed by atoms with Crippen molar-refractivity contribution in [2.24, 2.45) is 0 Å². The summed E-state index contributed by atoms with van der Waals surface area (Å²) in [7, 11) is 0. The van der Waals surface area contributed by atoms with Crippen LogP contribution in [0, 0.1) is 0 Å². The van der Waals surface area contributed by atoms with Crippen LogP contribution in [0.1, 0.15) is 12.8 Å². The second-order valence-electron chi connectivity index (χ2n) is 1.90. The smallest absolute Gasteiger partial charge is 0.0519 e. The average Bonchev–Trinajstić information content (AvgIpc) is 2.43. The zero-order chi connectivity index (χ0) is 6.95. The molecule has 0 aromatic rings. The lowest BCUT2D eigenvalue weighted by atomic mass is 10.4. The van der Waals surface area contributed by atoms with E-state index in [1.165, 1.54) is 25.9 Å². The maximum atomic E-state index is 7.80. The molecule has 0 amide bonds. The van der Waals surface area contributed by atoms with Crippen molar-refractivity contribution in [1.82, 2.24) is 5.32 Å². The van der Waals surface area contributed by atoms with E-state index in [0.717, 1.165) is 0 Å². The van der Waals surface area contributed by atoms with Crippen LogP contribution in [0.5, 0.6) is 0 Å². The Labute approximate surface area is 62.1 Å². The molecule has 1 aliphatic rings. The van der Waals surface area contributed by atoms with Gasteiger partial charge in [0.25, 0.3) is 0 Å². The van der Waals surface area contributed by atoms with E-state index in [4.69, 9.17) is 5.11 Å². The summed E-state index contributed by atoms with van der Waals surface area (Å²) in [6.45, 7) is 2.68. The standard InChI is InChI=1S/C4H9N.C2H6OS/c1-2-4-5-3-1;3-1-2-4/h5H,1-4H2;3-4H,1-2H2. The molecule has 0 atom stereocenters. The summed E-state index contributed by atoms with van der Waals surface area (Å²) in [5.41, 5.74) is 0. The van der Waals surface area contributed by atoms with Gasteiger partial charge in [0.15, 0.2) is 0 Å². The molecule has 0 bridgehead atoms. The summed E-state index contributed by atoms with van der Waals surface area (Å²) < 4.78 is 0. The first-order chi connectivity index (χ1) is 4.41. The van der Waals surface area contributed by atoms with Crippen LogP contribution in [0.2, 0.25) is 0 Å². The van der Waals surface area contributed by atoms with Gasteiger partial charge in [-0.1, -0.05) is 0 Å². The predicted molar refractivity (Wildman–Crippen MR) is 43.0 cm³/mol. The van der Waals surface area contributed by atoms with Crippen LogP contribution in [-0.4, -0.2) is 30.6 Å². The Hall–Kier alpha value is 0.270. The Morgan fingerprint density at radius 3 is 1.89 bits per heavy atom. The SMILES string of the molecule is C1CCNC1.OCCS. The van der Waals surface area contributed by atoms with E-state index >= 15 is 0 Å². The topological polar surface area (TPSA) is 32.3 Å². The Bertz CT molecular complexity index is 38.7. The van der Waals surface area contributed by atoms with Crippen molar-refractivity contribution >= 4 is 12.6 Å². The lowest BCUT2D eigenvalue weighted by Gasteiger charge is -1.76. The van der Waals surface area contributed by atoms with Gasteiger partial charge in [0.1, 0.15) is 0 Å². The van der Waals surface area contributed by atoms with Crippen LogP contribution in [0.4, 0.5) is 0 Å². The van der Waals surface area contributed by atoms with Gasteiger partial charge in [-0.3, -0.25) is 0 Å². The predicted octanol–water partition coefficient (Wildman–Crippen LogP) is 0.278. The molecular formula is C6H15NOS. The van der Waals surface area contributed by atoms with Crippen molar-refractivity contribution in [3.8, 4) is 0 Å². The fourth-order valence-corrected chi connectivity index (χ4v) is 0.625. The molecule has 1 fully saturated rings. The third kappa shape index (κ3) is 8.27. The van der Waals surface area contributed by atoms with Crippen molar-refractivity contribution in [2.45, 2.75) is 12.8 Å². The van der Waals surface area contributed by atoms with Crippen LogP contribution in [-0.2, 0) is 0 Å². The summed E-state index contributed by atoms with van der Waals surface area (Å²) in [4.78, 5) is 0. The van der Waals surface area contributed by atoms with Crippen molar-refractivity contribution < 1.29 is 5.11 Å². The number of hydrogen-bond donors (Lipinski definition) is 3. The summed E-state index contributed by atoms with van der Waals surface area (Å²) in [6, 6.07) is 0. The first-order valence-corrected chi connectivity index (χ1v) is 3.97.